The highest BCUT2D eigenvalue weighted by atomic mass is 127. The normalized spacial score (nSPS) is 21.7. The number of halogens is 1. The van der Waals surface area contributed by atoms with Gasteiger partial charge in [0, 0.05) is 11.6 Å². The van der Waals surface area contributed by atoms with Gasteiger partial charge in [-0.1, -0.05) is 59.0 Å². The smallest absolute Gasteiger partial charge is 0.180 e. The number of hydrogen-bond acceptors (Lipinski definition) is 3. The van der Waals surface area contributed by atoms with Crippen LogP contribution in [0.4, 0.5) is 0 Å². The minimum atomic E-state index is -0.525. The van der Waals surface area contributed by atoms with Crippen LogP contribution >= 0.6 is 22.6 Å². The topological polar surface area (TPSA) is 63.3 Å². The molecule has 2 atom stereocenters. The summed E-state index contributed by atoms with van der Waals surface area (Å²) in [5.74, 6) is 0.431. The van der Waals surface area contributed by atoms with Crippen LogP contribution in [0.2, 0.25) is 0 Å². The maximum atomic E-state index is 12.9. The maximum absolute atomic E-state index is 12.9. The van der Waals surface area contributed by atoms with Crippen LogP contribution in [0.3, 0.4) is 0 Å². The van der Waals surface area contributed by atoms with Crippen molar-refractivity contribution >= 4 is 28.4 Å². The quantitative estimate of drug-likeness (QED) is 0.585. The van der Waals surface area contributed by atoms with Gasteiger partial charge in [0.05, 0.1) is 0 Å². The molecule has 0 aromatic heterocycles. The van der Waals surface area contributed by atoms with Crippen molar-refractivity contribution in [2.75, 3.05) is 0 Å². The van der Waals surface area contributed by atoms with Crippen molar-refractivity contribution in [1.29, 1.82) is 0 Å². The Morgan fingerprint density at radius 1 is 1.17 bits per heavy atom. The molecule has 23 heavy (non-hydrogen) atoms. The summed E-state index contributed by atoms with van der Waals surface area (Å²) in [6.07, 6.45) is 3.25. The standard InChI is InChI=1S/C19H20INO2/c20-19(12-11-14-3-1-2-4-16(14)18(19)23)17(21)10-7-13-5-8-15(22)9-6-13/h1-6,8-9,17,22H,7,10-12,21H2. The van der Waals surface area contributed by atoms with Crippen LogP contribution in [0.25, 0.3) is 0 Å². The van der Waals surface area contributed by atoms with Gasteiger partial charge in [-0.3, -0.25) is 4.79 Å². The zero-order chi connectivity index (χ0) is 16.4. The Kier molecular flexibility index (Phi) is 4.73. The Morgan fingerprint density at radius 3 is 2.61 bits per heavy atom. The molecular weight excluding hydrogens is 401 g/mol. The van der Waals surface area contributed by atoms with Crippen LogP contribution in [0.5, 0.6) is 5.75 Å². The van der Waals surface area contributed by atoms with Gasteiger partial charge < -0.3 is 10.8 Å². The Morgan fingerprint density at radius 2 is 1.87 bits per heavy atom. The van der Waals surface area contributed by atoms with Gasteiger partial charge in [-0.05, 0) is 48.9 Å². The summed E-state index contributed by atoms with van der Waals surface area (Å²) >= 11 is 2.27. The van der Waals surface area contributed by atoms with Gasteiger partial charge >= 0.3 is 0 Å². The number of rotatable bonds is 4. The fourth-order valence-corrected chi connectivity index (χ4v) is 4.05. The van der Waals surface area contributed by atoms with E-state index in [1.807, 2.05) is 36.4 Å². The molecule has 3 rings (SSSR count). The summed E-state index contributed by atoms with van der Waals surface area (Å²) in [5, 5.41) is 9.34. The predicted molar refractivity (Wildman–Crippen MR) is 100 cm³/mol. The summed E-state index contributed by atoms with van der Waals surface area (Å²) in [6, 6.07) is 14.8. The first-order valence-corrected chi connectivity index (χ1v) is 8.94. The van der Waals surface area contributed by atoms with Crippen molar-refractivity contribution in [1.82, 2.24) is 0 Å². The first kappa shape index (κ1) is 16.5. The maximum Gasteiger partial charge on any atom is 0.180 e. The van der Waals surface area contributed by atoms with Crippen LogP contribution in [0.1, 0.15) is 34.3 Å². The Bertz CT molecular complexity index is 714. The van der Waals surface area contributed by atoms with Crippen LogP contribution in [-0.2, 0) is 12.8 Å². The second-order valence-electron chi connectivity index (χ2n) is 6.16. The van der Waals surface area contributed by atoms with E-state index in [4.69, 9.17) is 5.73 Å². The van der Waals surface area contributed by atoms with Gasteiger partial charge in [-0.15, -0.1) is 0 Å². The fraction of sp³-hybridized carbons (Fsp3) is 0.316. The Hall–Kier alpha value is -1.40. The first-order valence-electron chi connectivity index (χ1n) is 7.86. The van der Waals surface area contributed by atoms with E-state index in [9.17, 15) is 9.90 Å². The second kappa shape index (κ2) is 6.61. The zero-order valence-corrected chi connectivity index (χ0v) is 15.0. The molecule has 1 aliphatic carbocycles. The molecule has 4 heteroatoms. The van der Waals surface area contributed by atoms with Crippen molar-refractivity contribution in [2.24, 2.45) is 5.73 Å². The predicted octanol–water partition coefficient (Wildman–Crippen LogP) is 3.66. The molecule has 0 amide bonds. The van der Waals surface area contributed by atoms with E-state index in [1.165, 1.54) is 0 Å². The van der Waals surface area contributed by atoms with E-state index in [1.54, 1.807) is 12.1 Å². The van der Waals surface area contributed by atoms with Gasteiger partial charge in [0.25, 0.3) is 0 Å². The molecule has 0 saturated heterocycles. The molecule has 0 saturated carbocycles. The molecule has 3 N–H and O–H groups in total. The summed E-state index contributed by atoms with van der Waals surface area (Å²) < 4.78 is -0.525. The van der Waals surface area contributed by atoms with E-state index in [0.29, 0.717) is 0 Å². The van der Waals surface area contributed by atoms with Crippen molar-refractivity contribution < 1.29 is 9.90 Å². The highest BCUT2D eigenvalue weighted by Crippen LogP contribution is 2.39. The summed E-state index contributed by atoms with van der Waals surface area (Å²) in [4.78, 5) is 12.9. The summed E-state index contributed by atoms with van der Waals surface area (Å²) in [7, 11) is 0. The summed E-state index contributed by atoms with van der Waals surface area (Å²) in [5.41, 5.74) is 9.52. The van der Waals surface area contributed by atoms with Gasteiger partial charge in [-0.2, -0.15) is 0 Å². The number of carbonyl (C=O) groups is 1. The number of aryl methyl sites for hydroxylation is 2. The molecule has 0 spiro atoms. The molecule has 0 heterocycles. The molecule has 0 fully saturated rings. The Balaban J connectivity index is 1.72. The van der Waals surface area contributed by atoms with E-state index < -0.39 is 3.42 Å². The van der Waals surface area contributed by atoms with E-state index in [-0.39, 0.29) is 17.6 Å². The molecular formula is C19H20INO2. The molecule has 120 valence electrons. The van der Waals surface area contributed by atoms with E-state index in [2.05, 4.69) is 22.6 Å². The lowest BCUT2D eigenvalue weighted by atomic mass is 9.77. The van der Waals surface area contributed by atoms with E-state index >= 15 is 0 Å². The number of phenolic OH excluding ortho intramolecular Hbond substituents is 1. The molecule has 2 unspecified atom stereocenters. The first-order chi connectivity index (χ1) is 11.0. The number of aromatic hydroxyl groups is 1. The number of alkyl halides is 1. The van der Waals surface area contributed by atoms with Crippen LogP contribution < -0.4 is 5.73 Å². The number of Topliss-reactive ketones (excluding diaryl/α,β-unsaturated/α-hetero) is 1. The molecule has 3 nitrogen and oxygen atoms in total. The van der Waals surface area contributed by atoms with Crippen molar-refractivity contribution in [3.63, 3.8) is 0 Å². The monoisotopic (exact) mass is 421 g/mol. The fourth-order valence-electron chi connectivity index (χ4n) is 3.18. The minimum Gasteiger partial charge on any atom is -0.508 e. The van der Waals surface area contributed by atoms with Gasteiger partial charge in [-0.25, -0.2) is 0 Å². The van der Waals surface area contributed by atoms with Crippen LogP contribution in [-0.4, -0.2) is 20.4 Å². The number of benzene rings is 2. The van der Waals surface area contributed by atoms with Crippen LogP contribution in [0, 0.1) is 0 Å². The summed E-state index contributed by atoms with van der Waals surface area (Å²) in [6.45, 7) is 0. The third-order valence-corrected chi connectivity index (χ3v) is 6.49. The lowest BCUT2D eigenvalue weighted by molar-refractivity contribution is 0.0920. The molecule has 2 aromatic carbocycles. The minimum absolute atomic E-state index is 0.165. The highest BCUT2D eigenvalue weighted by molar-refractivity contribution is 14.1. The SMILES string of the molecule is NC(CCc1ccc(O)cc1)C1(I)CCc2ccccc2C1=O. The number of hydrogen-bond donors (Lipinski definition) is 2. The number of fused-ring (bicyclic) bond motifs is 1. The number of carbonyl (C=O) groups excluding carboxylic acids is 1. The lowest BCUT2D eigenvalue weighted by Gasteiger charge is -2.36. The Labute approximate surface area is 150 Å². The third kappa shape index (κ3) is 3.28. The molecule has 0 bridgehead atoms. The van der Waals surface area contributed by atoms with Gasteiger partial charge in [0.15, 0.2) is 5.78 Å². The van der Waals surface area contributed by atoms with Crippen molar-refractivity contribution in [2.45, 2.75) is 35.1 Å². The molecule has 1 aliphatic rings. The molecule has 0 radical (unpaired) electrons. The number of phenols is 1. The molecule has 2 aromatic rings. The highest BCUT2D eigenvalue weighted by Gasteiger charge is 2.44. The average Bonchev–Trinajstić information content (AvgIpc) is 2.58. The lowest BCUT2D eigenvalue weighted by Crippen LogP contribution is -2.51. The number of nitrogens with two attached hydrogens (primary N) is 1. The van der Waals surface area contributed by atoms with Crippen molar-refractivity contribution in [3.05, 3.63) is 65.2 Å². The van der Waals surface area contributed by atoms with Gasteiger partial charge in [0.1, 0.15) is 9.17 Å². The average molecular weight is 421 g/mol. The zero-order valence-electron chi connectivity index (χ0n) is 12.8. The molecule has 0 aliphatic heterocycles. The third-order valence-electron chi connectivity index (χ3n) is 4.67. The second-order valence-corrected chi connectivity index (χ2v) is 8.09. The van der Waals surface area contributed by atoms with Gasteiger partial charge in [0.2, 0.25) is 0 Å². The largest absolute Gasteiger partial charge is 0.508 e. The van der Waals surface area contributed by atoms with Crippen molar-refractivity contribution in [3.8, 4) is 5.75 Å². The van der Waals surface area contributed by atoms with Crippen LogP contribution in [0.15, 0.2) is 48.5 Å². The number of ketones is 1. The van der Waals surface area contributed by atoms with E-state index in [0.717, 1.165) is 42.4 Å².